The fourth-order valence-electron chi connectivity index (χ4n) is 2.81. The topological polar surface area (TPSA) is 98.7 Å². The highest BCUT2D eigenvalue weighted by Crippen LogP contribution is 2.05. The van der Waals surface area contributed by atoms with Gasteiger partial charge < -0.3 is 20.9 Å². The average molecular weight is 538 g/mol. The summed E-state index contributed by atoms with van der Waals surface area (Å²) < 4.78 is 0. The number of hydrogen-bond acceptors (Lipinski definition) is 4. The van der Waals surface area contributed by atoms with Crippen molar-refractivity contribution in [2.24, 2.45) is 4.99 Å². The lowest BCUT2D eigenvalue weighted by Crippen LogP contribution is -2.44. The summed E-state index contributed by atoms with van der Waals surface area (Å²) in [5, 5.41) is 8.86. The predicted molar refractivity (Wildman–Crippen MR) is 134 cm³/mol. The number of carbonyl (C=O) groups excluding carboxylic acids is 2. The first-order valence-electron chi connectivity index (χ1n) is 9.93. The molecule has 0 spiro atoms. The Morgan fingerprint density at radius 2 is 1.90 bits per heavy atom. The molecule has 0 fully saturated rings. The monoisotopic (exact) mass is 538 g/mol. The van der Waals surface area contributed by atoms with Crippen molar-refractivity contribution in [2.75, 3.05) is 40.8 Å². The third-order valence-corrected chi connectivity index (χ3v) is 4.61. The molecule has 1 heterocycles. The fourth-order valence-corrected chi connectivity index (χ4v) is 2.81. The third kappa shape index (κ3) is 9.33. The molecule has 0 aliphatic carbocycles. The van der Waals surface area contributed by atoms with E-state index in [0.29, 0.717) is 31.0 Å². The Bertz CT molecular complexity index is 860. The molecule has 8 nitrogen and oxygen atoms in total. The molecule has 1 aromatic carbocycles. The van der Waals surface area contributed by atoms with Crippen LogP contribution in [0, 0.1) is 0 Å². The van der Waals surface area contributed by atoms with Crippen LogP contribution in [0.3, 0.4) is 0 Å². The van der Waals surface area contributed by atoms with Gasteiger partial charge in [-0.15, -0.1) is 24.0 Å². The molecule has 0 atom stereocenters. The molecule has 0 radical (unpaired) electrons. The lowest BCUT2D eigenvalue weighted by molar-refractivity contribution is -0.128. The summed E-state index contributed by atoms with van der Waals surface area (Å²) in [6.45, 7) is 1.39. The van der Waals surface area contributed by atoms with Crippen LogP contribution in [-0.2, 0) is 17.6 Å². The van der Waals surface area contributed by atoms with E-state index in [9.17, 15) is 9.59 Å². The number of amides is 2. The molecule has 1 aromatic heterocycles. The highest BCUT2D eigenvalue weighted by atomic mass is 127. The minimum atomic E-state index is -0.104. The van der Waals surface area contributed by atoms with Crippen molar-refractivity contribution in [3.8, 4) is 0 Å². The highest BCUT2D eigenvalue weighted by molar-refractivity contribution is 14.0. The number of nitrogens with one attached hydrogen (secondary N) is 3. The third-order valence-electron chi connectivity index (χ3n) is 4.61. The molecule has 2 aromatic rings. The molecule has 168 valence electrons. The zero-order valence-electron chi connectivity index (χ0n) is 18.2. The van der Waals surface area contributed by atoms with Crippen LogP contribution in [0.1, 0.15) is 21.6 Å². The van der Waals surface area contributed by atoms with Gasteiger partial charge in [0, 0.05) is 58.1 Å². The molecule has 0 unspecified atom stereocenters. The summed E-state index contributed by atoms with van der Waals surface area (Å²) in [4.78, 5) is 34.2. The van der Waals surface area contributed by atoms with Gasteiger partial charge >= 0.3 is 0 Å². The number of guanidine groups is 1. The molecule has 2 rings (SSSR count). The Hall–Kier alpha value is -2.69. The van der Waals surface area contributed by atoms with Gasteiger partial charge in [0.05, 0.1) is 6.54 Å². The van der Waals surface area contributed by atoms with Crippen molar-refractivity contribution in [3.63, 3.8) is 0 Å². The van der Waals surface area contributed by atoms with Gasteiger partial charge in [0.2, 0.25) is 5.91 Å². The maximum atomic E-state index is 12.3. The largest absolute Gasteiger partial charge is 0.356 e. The normalized spacial score (nSPS) is 10.6. The van der Waals surface area contributed by atoms with Gasteiger partial charge in [0.1, 0.15) is 0 Å². The molecular formula is C22H31IN6O2. The van der Waals surface area contributed by atoms with Crippen LogP contribution in [0.15, 0.2) is 53.7 Å². The van der Waals surface area contributed by atoms with Gasteiger partial charge in [-0.2, -0.15) is 0 Å². The fraction of sp³-hybridized carbons (Fsp3) is 0.364. The van der Waals surface area contributed by atoms with Crippen LogP contribution in [0.2, 0.25) is 0 Å². The number of pyridine rings is 1. The summed E-state index contributed by atoms with van der Waals surface area (Å²) in [6, 6.07) is 13.3. The second-order valence-corrected chi connectivity index (χ2v) is 6.77. The van der Waals surface area contributed by atoms with E-state index in [1.54, 1.807) is 38.3 Å². The second-order valence-electron chi connectivity index (χ2n) is 6.77. The first-order valence-corrected chi connectivity index (χ1v) is 9.93. The van der Waals surface area contributed by atoms with Crippen LogP contribution in [0.25, 0.3) is 0 Å². The van der Waals surface area contributed by atoms with Crippen LogP contribution < -0.4 is 16.0 Å². The quantitative estimate of drug-likeness (QED) is 0.255. The number of nitrogens with zero attached hydrogens (tertiary/aromatic N) is 3. The van der Waals surface area contributed by atoms with Gasteiger partial charge in [0.25, 0.3) is 5.91 Å². The number of rotatable bonds is 9. The predicted octanol–water partition coefficient (Wildman–Crippen LogP) is 1.47. The van der Waals surface area contributed by atoms with E-state index in [1.165, 1.54) is 0 Å². The molecule has 0 saturated heterocycles. The second kappa shape index (κ2) is 14.3. The van der Waals surface area contributed by atoms with E-state index >= 15 is 0 Å². The van der Waals surface area contributed by atoms with E-state index in [2.05, 4.69) is 25.9 Å². The number of aliphatic imine (C=N–C) groups is 1. The Balaban J connectivity index is 0.00000480. The lowest BCUT2D eigenvalue weighted by atomic mass is 10.1. The Morgan fingerprint density at radius 1 is 1.10 bits per heavy atom. The number of carbonyl (C=O) groups is 2. The lowest BCUT2D eigenvalue weighted by Gasteiger charge is -2.18. The molecular weight excluding hydrogens is 507 g/mol. The van der Waals surface area contributed by atoms with Crippen LogP contribution >= 0.6 is 24.0 Å². The van der Waals surface area contributed by atoms with Gasteiger partial charge in [-0.1, -0.05) is 18.2 Å². The summed E-state index contributed by atoms with van der Waals surface area (Å²) in [5.74, 6) is 0.434. The van der Waals surface area contributed by atoms with Crippen molar-refractivity contribution >= 4 is 41.8 Å². The van der Waals surface area contributed by atoms with Crippen LogP contribution in [-0.4, -0.2) is 68.4 Å². The summed E-state index contributed by atoms with van der Waals surface area (Å²) in [7, 11) is 5.06. The van der Waals surface area contributed by atoms with Gasteiger partial charge in [-0.3, -0.25) is 19.6 Å². The Morgan fingerprint density at radius 3 is 2.58 bits per heavy atom. The Labute approximate surface area is 200 Å². The van der Waals surface area contributed by atoms with Gasteiger partial charge in [0.15, 0.2) is 5.96 Å². The molecule has 31 heavy (non-hydrogen) atoms. The maximum Gasteiger partial charge on any atom is 0.251 e. The number of halogens is 1. The Kier molecular flexibility index (Phi) is 12.2. The van der Waals surface area contributed by atoms with Crippen LogP contribution in [0.5, 0.6) is 0 Å². The molecule has 0 bridgehead atoms. The van der Waals surface area contributed by atoms with Gasteiger partial charge in [-0.05, 0) is 36.2 Å². The highest BCUT2D eigenvalue weighted by Gasteiger charge is 2.10. The maximum absolute atomic E-state index is 12.3. The van der Waals surface area contributed by atoms with E-state index in [1.807, 2.05) is 36.4 Å². The smallest absolute Gasteiger partial charge is 0.251 e. The van der Waals surface area contributed by atoms with E-state index < -0.39 is 0 Å². The van der Waals surface area contributed by atoms with Crippen molar-refractivity contribution in [1.29, 1.82) is 0 Å². The zero-order valence-corrected chi connectivity index (χ0v) is 20.6. The SMILES string of the molecule is CN=C(NCCc1cccc(C(=O)NC)c1)NCC(=O)N(C)CCc1ccccn1.I. The number of hydrogen-bond donors (Lipinski definition) is 3. The number of likely N-dealkylation sites (N-methyl/N-ethyl adjacent to an activating group) is 1. The number of benzene rings is 1. The zero-order chi connectivity index (χ0) is 21.8. The van der Waals surface area contributed by atoms with Gasteiger partial charge in [-0.25, -0.2) is 0 Å². The van der Waals surface area contributed by atoms with Crippen molar-refractivity contribution < 1.29 is 9.59 Å². The first kappa shape index (κ1) is 26.3. The molecule has 2 amide bonds. The molecule has 0 saturated carbocycles. The minimum absolute atomic E-state index is 0. The van der Waals surface area contributed by atoms with Crippen molar-refractivity contribution in [1.82, 2.24) is 25.8 Å². The van der Waals surface area contributed by atoms with Crippen LogP contribution in [0.4, 0.5) is 0 Å². The first-order chi connectivity index (χ1) is 14.5. The van der Waals surface area contributed by atoms with E-state index in [0.717, 1.165) is 17.7 Å². The number of aromatic nitrogens is 1. The van der Waals surface area contributed by atoms with Crippen molar-refractivity contribution in [3.05, 3.63) is 65.5 Å². The van der Waals surface area contributed by atoms with E-state index in [4.69, 9.17) is 0 Å². The average Bonchev–Trinajstić information content (AvgIpc) is 2.79. The minimum Gasteiger partial charge on any atom is -0.356 e. The van der Waals surface area contributed by atoms with E-state index in [-0.39, 0.29) is 42.3 Å². The summed E-state index contributed by atoms with van der Waals surface area (Å²) in [6.07, 6.45) is 3.19. The molecule has 9 heteroatoms. The molecule has 0 aliphatic heterocycles. The molecule has 3 N–H and O–H groups in total. The van der Waals surface area contributed by atoms with Crippen molar-refractivity contribution in [2.45, 2.75) is 12.8 Å². The standard InChI is InChI=1S/C22H30N6O2.HI/c1-23-21(30)18-8-6-7-17(15-18)10-13-26-22(24-2)27-16-20(29)28(3)14-11-19-9-4-5-12-25-19;/h4-9,12,15H,10-11,13-14,16H2,1-3H3,(H,23,30)(H2,24,26,27);1H. The summed E-state index contributed by atoms with van der Waals surface area (Å²) >= 11 is 0. The molecule has 0 aliphatic rings. The summed E-state index contributed by atoms with van der Waals surface area (Å²) in [5.41, 5.74) is 2.64.